The highest BCUT2D eigenvalue weighted by Crippen LogP contribution is 2.13. The van der Waals surface area contributed by atoms with Crippen LogP contribution >= 0.6 is 0 Å². The van der Waals surface area contributed by atoms with E-state index in [1.54, 1.807) is 0 Å². The van der Waals surface area contributed by atoms with E-state index in [4.69, 9.17) is 19.8 Å². The average molecular weight is 338 g/mol. The summed E-state index contributed by atoms with van der Waals surface area (Å²) in [5.41, 5.74) is 0. The maximum Gasteiger partial charge on any atom is 0.490 e. The molecule has 2 unspecified atom stereocenters. The fourth-order valence-corrected chi connectivity index (χ4v) is 1.30. The number of alkyl halides is 6. The molecule has 0 amide bonds. The van der Waals surface area contributed by atoms with Gasteiger partial charge in [-0.3, -0.25) is 0 Å². The van der Waals surface area contributed by atoms with E-state index in [1.165, 1.54) is 0 Å². The number of carbonyl (C=O) groups is 2. The Balaban J connectivity index is 0.000000303. The molecule has 4 N–H and O–H groups in total. The normalized spacial score (nSPS) is 22.8. The standard InChI is InChI=1S/C6H10N2.2C2HF3O2/c1-2-6-4-7-3-5(1)8-6;2*3-2(4,5)1(6)7/h1-2,5-8H,3-4H2;2*(H,6,7). The van der Waals surface area contributed by atoms with Crippen LogP contribution in [-0.2, 0) is 9.59 Å². The van der Waals surface area contributed by atoms with Crippen LogP contribution < -0.4 is 10.6 Å². The summed E-state index contributed by atoms with van der Waals surface area (Å²) in [4.78, 5) is 17.8. The second-order valence-corrected chi connectivity index (χ2v) is 4.03. The molecule has 1 saturated heterocycles. The summed E-state index contributed by atoms with van der Waals surface area (Å²) in [6.07, 6.45) is -5.69. The quantitative estimate of drug-likeness (QED) is 0.384. The highest BCUT2D eigenvalue weighted by Gasteiger charge is 2.38. The van der Waals surface area contributed by atoms with Gasteiger partial charge in [0.05, 0.1) is 0 Å². The van der Waals surface area contributed by atoms with Gasteiger partial charge in [-0.15, -0.1) is 0 Å². The largest absolute Gasteiger partial charge is 0.490 e. The second kappa shape index (κ2) is 7.98. The number of carboxylic acids is 2. The van der Waals surface area contributed by atoms with Gasteiger partial charge in [0.1, 0.15) is 0 Å². The van der Waals surface area contributed by atoms with Crippen molar-refractivity contribution in [3.63, 3.8) is 0 Å². The third-order valence-electron chi connectivity index (χ3n) is 2.22. The first kappa shape index (κ1) is 20.2. The molecule has 2 bridgehead atoms. The Bertz CT molecular complexity index is 385. The minimum atomic E-state index is -5.08. The van der Waals surface area contributed by atoms with E-state index in [2.05, 4.69) is 22.8 Å². The molecule has 2 aliphatic rings. The van der Waals surface area contributed by atoms with Crippen molar-refractivity contribution in [3.05, 3.63) is 12.2 Å². The molecular formula is C10H12F6N2O4. The van der Waals surface area contributed by atoms with Crippen molar-refractivity contribution < 1.29 is 46.1 Å². The van der Waals surface area contributed by atoms with E-state index < -0.39 is 24.3 Å². The van der Waals surface area contributed by atoms with E-state index >= 15 is 0 Å². The summed E-state index contributed by atoms with van der Waals surface area (Å²) in [5, 5.41) is 21.0. The van der Waals surface area contributed by atoms with Gasteiger partial charge in [-0.2, -0.15) is 26.3 Å². The molecule has 0 spiro atoms. The summed E-state index contributed by atoms with van der Waals surface area (Å²) < 4.78 is 63.5. The third kappa shape index (κ3) is 8.46. The van der Waals surface area contributed by atoms with Gasteiger partial charge in [0.25, 0.3) is 0 Å². The van der Waals surface area contributed by atoms with Gasteiger partial charge in [-0.25, -0.2) is 9.59 Å². The third-order valence-corrected chi connectivity index (χ3v) is 2.22. The lowest BCUT2D eigenvalue weighted by Crippen LogP contribution is -2.49. The number of aliphatic carboxylic acids is 2. The molecule has 0 aromatic heterocycles. The van der Waals surface area contributed by atoms with Crippen LogP contribution in [0.4, 0.5) is 26.3 Å². The number of carboxylic acid groups (broad SMARTS) is 2. The molecule has 6 nitrogen and oxygen atoms in total. The maximum absolute atomic E-state index is 10.6. The molecular weight excluding hydrogens is 326 g/mol. The van der Waals surface area contributed by atoms with Crippen LogP contribution in [-0.4, -0.2) is 59.7 Å². The molecule has 2 atom stereocenters. The molecule has 22 heavy (non-hydrogen) atoms. The van der Waals surface area contributed by atoms with Gasteiger partial charge < -0.3 is 20.8 Å². The van der Waals surface area contributed by atoms with E-state index in [-0.39, 0.29) is 0 Å². The van der Waals surface area contributed by atoms with Gasteiger partial charge in [-0.1, -0.05) is 12.2 Å². The lowest BCUT2D eigenvalue weighted by molar-refractivity contribution is -0.193. The molecule has 0 saturated carbocycles. The molecule has 12 heteroatoms. The van der Waals surface area contributed by atoms with Crippen molar-refractivity contribution in [2.75, 3.05) is 13.1 Å². The van der Waals surface area contributed by atoms with Gasteiger partial charge >= 0.3 is 24.3 Å². The van der Waals surface area contributed by atoms with E-state index in [0.29, 0.717) is 12.1 Å². The molecule has 0 aromatic carbocycles. The summed E-state index contributed by atoms with van der Waals surface area (Å²) in [7, 11) is 0. The van der Waals surface area contributed by atoms with E-state index in [0.717, 1.165) is 13.1 Å². The molecule has 0 radical (unpaired) electrons. The first-order chi connectivity index (χ1) is 9.84. The fourth-order valence-electron chi connectivity index (χ4n) is 1.30. The Kier molecular flexibility index (Phi) is 7.32. The molecule has 0 aromatic rings. The average Bonchev–Trinajstić information content (AvgIpc) is 2.67. The van der Waals surface area contributed by atoms with Crippen LogP contribution in [0.2, 0.25) is 0 Å². The molecule has 2 rings (SSSR count). The molecule has 128 valence electrons. The number of fused-ring (bicyclic) bond motifs is 2. The minimum absolute atomic E-state index is 0.619. The van der Waals surface area contributed by atoms with E-state index in [1.807, 2.05) is 0 Å². The lowest BCUT2D eigenvalue weighted by Gasteiger charge is -2.21. The summed E-state index contributed by atoms with van der Waals surface area (Å²) in [6, 6.07) is 1.24. The van der Waals surface area contributed by atoms with Crippen LogP contribution in [0.5, 0.6) is 0 Å². The highest BCUT2D eigenvalue weighted by molar-refractivity contribution is 5.73. The van der Waals surface area contributed by atoms with Gasteiger partial charge in [-0.05, 0) is 0 Å². The molecule has 2 aliphatic heterocycles. The Morgan fingerprint density at radius 3 is 1.32 bits per heavy atom. The van der Waals surface area contributed by atoms with Crippen molar-refractivity contribution in [1.29, 1.82) is 0 Å². The van der Waals surface area contributed by atoms with Gasteiger partial charge in [0.2, 0.25) is 0 Å². The first-order valence-corrected chi connectivity index (χ1v) is 5.59. The van der Waals surface area contributed by atoms with Crippen molar-refractivity contribution in [3.8, 4) is 0 Å². The number of halogens is 6. The van der Waals surface area contributed by atoms with Gasteiger partial charge in [0.15, 0.2) is 0 Å². The van der Waals surface area contributed by atoms with Crippen LogP contribution in [0.15, 0.2) is 12.2 Å². The van der Waals surface area contributed by atoms with Crippen molar-refractivity contribution in [2.24, 2.45) is 0 Å². The second-order valence-electron chi connectivity index (χ2n) is 4.03. The van der Waals surface area contributed by atoms with Crippen molar-refractivity contribution in [2.45, 2.75) is 24.4 Å². The van der Waals surface area contributed by atoms with Crippen LogP contribution in [0.1, 0.15) is 0 Å². The topological polar surface area (TPSA) is 98.7 Å². The maximum atomic E-state index is 10.6. The molecule has 2 heterocycles. The summed E-state index contributed by atoms with van der Waals surface area (Å²) >= 11 is 0. The highest BCUT2D eigenvalue weighted by atomic mass is 19.4. The number of hydrogen-bond donors (Lipinski definition) is 4. The summed E-state index contributed by atoms with van der Waals surface area (Å²) in [5.74, 6) is -5.51. The Hall–Kier alpha value is -1.82. The predicted octanol–water partition coefficient (Wildman–Crippen LogP) is 0.753. The summed E-state index contributed by atoms with van der Waals surface area (Å²) in [6.45, 7) is 2.21. The van der Waals surface area contributed by atoms with E-state index in [9.17, 15) is 26.3 Å². The van der Waals surface area contributed by atoms with Crippen LogP contribution in [0.3, 0.4) is 0 Å². The predicted molar refractivity (Wildman–Crippen MR) is 60.1 cm³/mol. The SMILES string of the molecule is C1=CC2CNCC1N2.O=C(O)C(F)(F)F.O=C(O)C(F)(F)F. The number of piperazine rings is 1. The van der Waals surface area contributed by atoms with Gasteiger partial charge in [0, 0.05) is 25.2 Å². The van der Waals surface area contributed by atoms with Crippen molar-refractivity contribution in [1.82, 2.24) is 10.6 Å². The Morgan fingerprint density at radius 2 is 1.14 bits per heavy atom. The van der Waals surface area contributed by atoms with Crippen LogP contribution in [0.25, 0.3) is 0 Å². The Labute approximate surface area is 119 Å². The number of rotatable bonds is 0. The zero-order valence-corrected chi connectivity index (χ0v) is 10.7. The monoisotopic (exact) mass is 338 g/mol. The Morgan fingerprint density at radius 1 is 0.864 bits per heavy atom. The smallest absolute Gasteiger partial charge is 0.475 e. The fraction of sp³-hybridized carbons (Fsp3) is 0.600. The van der Waals surface area contributed by atoms with Crippen molar-refractivity contribution >= 4 is 11.9 Å². The zero-order valence-electron chi connectivity index (χ0n) is 10.7. The zero-order chi connectivity index (χ0) is 17.6. The first-order valence-electron chi connectivity index (χ1n) is 5.59. The lowest BCUT2D eigenvalue weighted by atomic mass is 10.3. The molecule has 1 fully saturated rings. The minimum Gasteiger partial charge on any atom is -0.475 e. The number of hydrogen-bond acceptors (Lipinski definition) is 4. The van der Waals surface area contributed by atoms with Crippen LogP contribution in [0, 0.1) is 0 Å². The molecule has 0 aliphatic carbocycles. The number of nitrogens with one attached hydrogen (secondary N) is 2.